The van der Waals surface area contributed by atoms with Gasteiger partial charge in [0.1, 0.15) is 18.1 Å². The predicted molar refractivity (Wildman–Crippen MR) is 146 cm³/mol. The number of carbonyl (C=O) groups excluding carboxylic acids is 4. The number of nitrogens with one attached hydrogen (secondary N) is 3. The molecular formula is C23H46N10O6. The number of carbonyl (C=O) groups is 5. The Labute approximate surface area is 228 Å². The molecule has 0 aromatic heterocycles. The van der Waals surface area contributed by atoms with Gasteiger partial charge in [-0.2, -0.15) is 0 Å². The Balaban J connectivity index is 5.49. The second-order valence-corrected chi connectivity index (χ2v) is 9.15. The van der Waals surface area contributed by atoms with Gasteiger partial charge in [0.05, 0.1) is 6.04 Å². The highest BCUT2D eigenvalue weighted by molar-refractivity contribution is 5.94. The molecule has 0 aliphatic carbocycles. The van der Waals surface area contributed by atoms with E-state index in [1.807, 2.05) is 0 Å². The van der Waals surface area contributed by atoms with Crippen molar-refractivity contribution in [2.45, 2.75) is 88.4 Å². The van der Waals surface area contributed by atoms with E-state index < -0.39 is 53.8 Å². The number of guanidine groups is 1. The fraction of sp³-hybridized carbons (Fsp3) is 0.739. The van der Waals surface area contributed by atoms with Crippen LogP contribution in [0.1, 0.15) is 64.2 Å². The number of carboxylic acid groups (broad SMARTS) is 1. The van der Waals surface area contributed by atoms with Crippen LogP contribution in [0.5, 0.6) is 0 Å². The SMILES string of the molecule is NCCCCC(NC(=O)C(N)CCCN=C(N)N)C(=O)NC(CCCCN)C(=O)NC(CCC(N)=O)C(=O)O. The fourth-order valence-corrected chi connectivity index (χ4v) is 3.54. The molecule has 0 radical (unpaired) electrons. The Morgan fingerprint density at radius 3 is 1.59 bits per heavy atom. The number of aliphatic carboxylic acids is 1. The van der Waals surface area contributed by atoms with Crippen molar-refractivity contribution in [2.75, 3.05) is 19.6 Å². The van der Waals surface area contributed by atoms with E-state index in [0.717, 1.165) is 0 Å². The first kappa shape index (κ1) is 35.5. The van der Waals surface area contributed by atoms with E-state index in [4.69, 9.17) is 34.4 Å². The number of hydrogen-bond donors (Lipinski definition) is 10. The highest BCUT2D eigenvalue weighted by Gasteiger charge is 2.30. The van der Waals surface area contributed by atoms with Crippen LogP contribution < -0.4 is 50.4 Å². The maximum Gasteiger partial charge on any atom is 0.326 e. The van der Waals surface area contributed by atoms with Crippen LogP contribution in [0, 0.1) is 0 Å². The van der Waals surface area contributed by atoms with E-state index in [1.165, 1.54) is 0 Å². The van der Waals surface area contributed by atoms with E-state index in [-0.39, 0.29) is 38.1 Å². The van der Waals surface area contributed by atoms with Crippen molar-refractivity contribution >= 4 is 35.6 Å². The summed E-state index contributed by atoms with van der Waals surface area (Å²) in [4.78, 5) is 65.3. The van der Waals surface area contributed by atoms with E-state index in [9.17, 15) is 29.1 Å². The van der Waals surface area contributed by atoms with Crippen LogP contribution >= 0.6 is 0 Å². The molecule has 16 nitrogen and oxygen atoms in total. The Bertz CT molecular complexity index is 821. The van der Waals surface area contributed by atoms with Crippen LogP contribution in [-0.2, 0) is 24.0 Å². The summed E-state index contributed by atoms with van der Waals surface area (Å²) in [6.45, 7) is 1.04. The molecule has 0 aliphatic rings. The van der Waals surface area contributed by atoms with Gasteiger partial charge in [-0.25, -0.2) is 4.79 Å². The van der Waals surface area contributed by atoms with Gasteiger partial charge in [-0.15, -0.1) is 0 Å². The Morgan fingerprint density at radius 1 is 0.667 bits per heavy atom. The molecular weight excluding hydrogens is 512 g/mol. The average molecular weight is 559 g/mol. The third-order valence-corrected chi connectivity index (χ3v) is 5.76. The van der Waals surface area contributed by atoms with Crippen LogP contribution in [0.4, 0.5) is 0 Å². The predicted octanol–water partition coefficient (Wildman–Crippen LogP) is -3.57. The largest absolute Gasteiger partial charge is 0.480 e. The molecule has 0 aromatic rings. The summed E-state index contributed by atoms with van der Waals surface area (Å²) < 4.78 is 0. The van der Waals surface area contributed by atoms with Crippen molar-refractivity contribution in [3.8, 4) is 0 Å². The summed E-state index contributed by atoms with van der Waals surface area (Å²) in [6, 6.07) is -4.42. The van der Waals surface area contributed by atoms with Crippen molar-refractivity contribution < 1.29 is 29.1 Å². The molecule has 224 valence electrons. The fourth-order valence-electron chi connectivity index (χ4n) is 3.54. The Kier molecular flexibility index (Phi) is 18.6. The summed E-state index contributed by atoms with van der Waals surface area (Å²) >= 11 is 0. The van der Waals surface area contributed by atoms with Gasteiger partial charge in [-0.05, 0) is 70.9 Å². The first-order chi connectivity index (χ1) is 18.4. The van der Waals surface area contributed by atoms with Crippen LogP contribution in [0.15, 0.2) is 4.99 Å². The van der Waals surface area contributed by atoms with Gasteiger partial charge < -0.3 is 55.5 Å². The number of unbranched alkanes of at least 4 members (excludes halogenated alkanes) is 2. The smallest absolute Gasteiger partial charge is 0.326 e. The van der Waals surface area contributed by atoms with Gasteiger partial charge in [0.25, 0.3) is 0 Å². The van der Waals surface area contributed by atoms with Gasteiger partial charge in [0.2, 0.25) is 23.6 Å². The van der Waals surface area contributed by atoms with Crippen LogP contribution in [-0.4, -0.2) is 84.5 Å². The highest BCUT2D eigenvalue weighted by atomic mass is 16.4. The standard InChI is InChI=1S/C23H46N10O6/c24-11-3-1-7-15(31-19(35)14(26)6-5-13-30-23(28)29)20(36)32-16(8-2-4-12-25)21(37)33-17(22(38)39)9-10-18(27)34/h14-17H,1-13,24-26H2,(H2,27,34)(H,31,35)(H,32,36)(H,33,37)(H,38,39)(H4,28,29,30). The zero-order chi connectivity index (χ0) is 29.8. The van der Waals surface area contributed by atoms with Crippen molar-refractivity contribution in [1.29, 1.82) is 0 Å². The van der Waals surface area contributed by atoms with Crippen molar-refractivity contribution in [3.05, 3.63) is 0 Å². The lowest BCUT2D eigenvalue weighted by Crippen LogP contribution is -2.57. The van der Waals surface area contributed by atoms with Crippen molar-refractivity contribution in [1.82, 2.24) is 16.0 Å². The zero-order valence-electron chi connectivity index (χ0n) is 22.4. The Hall–Kier alpha value is -3.50. The van der Waals surface area contributed by atoms with Gasteiger partial charge in [0.15, 0.2) is 5.96 Å². The topological polar surface area (TPSA) is 310 Å². The molecule has 4 unspecified atom stereocenters. The summed E-state index contributed by atoms with van der Waals surface area (Å²) in [5.74, 6) is -4.08. The van der Waals surface area contributed by atoms with Crippen LogP contribution in [0.3, 0.4) is 0 Å². The second kappa shape index (κ2) is 20.5. The van der Waals surface area contributed by atoms with E-state index in [0.29, 0.717) is 51.7 Å². The zero-order valence-corrected chi connectivity index (χ0v) is 22.4. The number of nitrogens with zero attached hydrogens (tertiary/aromatic N) is 1. The summed E-state index contributed by atoms with van der Waals surface area (Å²) in [6.07, 6.45) is 2.83. The number of amides is 4. The number of hydrogen-bond acceptors (Lipinski definition) is 9. The number of aliphatic imine (C=N–C) groups is 1. The van der Waals surface area contributed by atoms with Crippen molar-refractivity contribution in [3.63, 3.8) is 0 Å². The molecule has 39 heavy (non-hydrogen) atoms. The maximum absolute atomic E-state index is 13.2. The molecule has 0 fully saturated rings. The van der Waals surface area contributed by atoms with Gasteiger partial charge in [-0.3, -0.25) is 24.2 Å². The lowest BCUT2D eigenvalue weighted by Gasteiger charge is -2.25. The van der Waals surface area contributed by atoms with Gasteiger partial charge in [0, 0.05) is 13.0 Å². The monoisotopic (exact) mass is 558 g/mol. The Morgan fingerprint density at radius 2 is 1.15 bits per heavy atom. The first-order valence-corrected chi connectivity index (χ1v) is 13.1. The average Bonchev–Trinajstić information content (AvgIpc) is 2.87. The summed E-state index contributed by atoms with van der Waals surface area (Å²) in [5, 5.41) is 17.0. The van der Waals surface area contributed by atoms with Crippen LogP contribution in [0.25, 0.3) is 0 Å². The minimum atomic E-state index is -1.38. The molecule has 16 N–H and O–H groups in total. The molecule has 0 spiro atoms. The molecule has 0 saturated heterocycles. The van der Waals surface area contributed by atoms with E-state index in [2.05, 4.69) is 20.9 Å². The summed E-state index contributed by atoms with van der Waals surface area (Å²) in [5.41, 5.74) is 32.7. The van der Waals surface area contributed by atoms with E-state index in [1.54, 1.807) is 0 Å². The lowest BCUT2D eigenvalue weighted by molar-refractivity contribution is -0.142. The third kappa shape index (κ3) is 16.9. The molecule has 0 heterocycles. The lowest BCUT2D eigenvalue weighted by atomic mass is 10.0. The molecule has 4 atom stereocenters. The highest BCUT2D eigenvalue weighted by Crippen LogP contribution is 2.08. The normalized spacial score (nSPS) is 13.8. The van der Waals surface area contributed by atoms with Crippen molar-refractivity contribution in [2.24, 2.45) is 39.4 Å². The molecule has 0 aliphatic heterocycles. The molecule has 4 amide bonds. The van der Waals surface area contributed by atoms with Gasteiger partial charge in [-0.1, -0.05) is 0 Å². The molecule has 0 bridgehead atoms. The molecule has 16 heteroatoms. The molecule has 0 aromatic carbocycles. The minimum absolute atomic E-state index is 0.0720. The third-order valence-electron chi connectivity index (χ3n) is 5.76. The number of nitrogens with two attached hydrogens (primary N) is 6. The number of carboxylic acids is 1. The minimum Gasteiger partial charge on any atom is -0.480 e. The molecule has 0 rings (SSSR count). The molecule has 0 saturated carbocycles. The number of rotatable bonds is 22. The second-order valence-electron chi connectivity index (χ2n) is 9.15. The quantitative estimate of drug-likeness (QED) is 0.0352. The first-order valence-electron chi connectivity index (χ1n) is 13.1. The van der Waals surface area contributed by atoms with Gasteiger partial charge >= 0.3 is 5.97 Å². The van der Waals surface area contributed by atoms with E-state index >= 15 is 0 Å². The number of primary amides is 1. The van der Waals surface area contributed by atoms with Crippen LogP contribution in [0.2, 0.25) is 0 Å². The maximum atomic E-state index is 13.2. The summed E-state index contributed by atoms with van der Waals surface area (Å²) in [7, 11) is 0.